The van der Waals surface area contributed by atoms with Gasteiger partial charge in [-0.3, -0.25) is 4.79 Å². The third-order valence-corrected chi connectivity index (χ3v) is 4.47. The summed E-state index contributed by atoms with van der Waals surface area (Å²) in [7, 11) is -3.67. The van der Waals surface area contributed by atoms with Gasteiger partial charge in [0.2, 0.25) is 10.0 Å². The highest BCUT2D eigenvalue weighted by Crippen LogP contribution is 2.10. The van der Waals surface area contributed by atoms with Gasteiger partial charge in [-0.2, -0.15) is 0 Å². The van der Waals surface area contributed by atoms with Crippen LogP contribution in [0.25, 0.3) is 0 Å². The topological polar surface area (TPSA) is 127 Å². The molecule has 9 heteroatoms. The zero-order valence-corrected chi connectivity index (χ0v) is 15.6. The number of nitrogens with one attached hydrogen (secondary N) is 2. The van der Waals surface area contributed by atoms with E-state index in [1.807, 2.05) is 13.8 Å². The number of primary sulfonamides is 1. The zero-order chi connectivity index (χ0) is 19.2. The maximum atomic E-state index is 11.9. The Bertz CT molecular complexity index is 834. The molecule has 0 atom stereocenters. The first-order valence-corrected chi connectivity index (χ1v) is 9.78. The van der Waals surface area contributed by atoms with Crippen molar-refractivity contribution in [1.29, 1.82) is 0 Å². The van der Waals surface area contributed by atoms with Gasteiger partial charge in [0.05, 0.1) is 4.90 Å². The van der Waals surface area contributed by atoms with Crippen LogP contribution in [0.5, 0.6) is 0 Å². The fourth-order valence-corrected chi connectivity index (χ4v) is 2.63. The van der Waals surface area contributed by atoms with Gasteiger partial charge in [0.25, 0.3) is 5.91 Å². The number of carbonyl (C=O) groups excluding carboxylic acids is 1. The fraction of sp³-hybridized carbons (Fsp3) is 0.353. The maximum absolute atomic E-state index is 11.9. The Hall–Kier alpha value is -2.52. The van der Waals surface area contributed by atoms with E-state index in [9.17, 15) is 13.2 Å². The van der Waals surface area contributed by atoms with Crippen molar-refractivity contribution in [2.75, 3.05) is 18.4 Å². The van der Waals surface area contributed by atoms with Gasteiger partial charge in [-0.05, 0) is 42.2 Å². The van der Waals surface area contributed by atoms with E-state index >= 15 is 0 Å². The number of aromatic nitrogens is 2. The van der Waals surface area contributed by atoms with Gasteiger partial charge >= 0.3 is 0 Å². The van der Waals surface area contributed by atoms with Gasteiger partial charge in [-0.25, -0.2) is 13.6 Å². The second-order valence-corrected chi connectivity index (χ2v) is 7.83. The molecule has 0 aliphatic rings. The van der Waals surface area contributed by atoms with Crippen LogP contribution in [0.3, 0.4) is 0 Å². The first-order chi connectivity index (χ1) is 12.3. The summed E-state index contributed by atoms with van der Waals surface area (Å²) in [5.41, 5.74) is 1.23. The average Bonchev–Trinajstić information content (AvgIpc) is 2.60. The number of anilines is 1. The second kappa shape index (κ2) is 8.72. The molecule has 0 aliphatic carbocycles. The van der Waals surface area contributed by atoms with Crippen LogP contribution in [-0.4, -0.2) is 37.6 Å². The first-order valence-electron chi connectivity index (χ1n) is 8.23. The van der Waals surface area contributed by atoms with E-state index < -0.39 is 10.0 Å². The van der Waals surface area contributed by atoms with E-state index in [-0.39, 0.29) is 16.5 Å². The van der Waals surface area contributed by atoms with Gasteiger partial charge in [-0.1, -0.05) is 26.0 Å². The number of hydrogen-bond acceptors (Lipinski definition) is 6. The van der Waals surface area contributed by atoms with Crippen molar-refractivity contribution in [3.63, 3.8) is 0 Å². The van der Waals surface area contributed by atoms with E-state index in [1.165, 1.54) is 12.1 Å². The van der Waals surface area contributed by atoms with Crippen LogP contribution < -0.4 is 15.8 Å². The molecule has 0 aliphatic heterocycles. The number of nitrogens with zero attached hydrogens (tertiary/aromatic N) is 2. The third kappa shape index (κ3) is 6.08. The van der Waals surface area contributed by atoms with E-state index in [1.54, 1.807) is 24.3 Å². The molecule has 26 heavy (non-hydrogen) atoms. The molecule has 8 nitrogen and oxygen atoms in total. The minimum absolute atomic E-state index is 0.0893. The largest absolute Gasteiger partial charge is 0.368 e. The molecule has 2 rings (SSSR count). The number of rotatable bonds is 8. The number of nitrogens with two attached hydrogens (primary N) is 1. The Kier molecular flexibility index (Phi) is 6.64. The predicted octanol–water partition coefficient (Wildman–Crippen LogP) is 1.16. The summed E-state index contributed by atoms with van der Waals surface area (Å²) in [6, 6.07) is 9.71. The molecular weight excluding hydrogens is 354 g/mol. The molecule has 0 spiro atoms. The molecule has 0 saturated heterocycles. The molecule has 1 aromatic carbocycles. The summed E-state index contributed by atoms with van der Waals surface area (Å²) in [6.07, 6.45) is 0.670. The minimum Gasteiger partial charge on any atom is -0.368 e. The van der Waals surface area contributed by atoms with Gasteiger partial charge in [0.15, 0.2) is 5.69 Å². The summed E-state index contributed by atoms with van der Waals surface area (Å²) in [6.45, 7) is 5.20. The molecule has 0 fully saturated rings. The maximum Gasteiger partial charge on any atom is 0.271 e. The summed E-state index contributed by atoms with van der Waals surface area (Å²) in [5, 5.41) is 18.9. The van der Waals surface area contributed by atoms with Gasteiger partial charge in [-0.15, -0.1) is 10.2 Å². The highest BCUT2D eigenvalue weighted by molar-refractivity contribution is 7.89. The molecule has 1 aromatic heterocycles. The lowest BCUT2D eigenvalue weighted by atomic mass is 10.1. The number of hydrogen-bond donors (Lipinski definition) is 3. The molecule has 0 bridgehead atoms. The van der Waals surface area contributed by atoms with Crippen LogP contribution in [0.1, 0.15) is 29.9 Å². The monoisotopic (exact) mass is 377 g/mol. The number of amides is 1. The Balaban J connectivity index is 1.83. The number of benzene rings is 1. The molecule has 140 valence electrons. The van der Waals surface area contributed by atoms with Crippen LogP contribution in [0.15, 0.2) is 41.3 Å². The van der Waals surface area contributed by atoms with Crippen molar-refractivity contribution in [1.82, 2.24) is 15.5 Å². The second-order valence-electron chi connectivity index (χ2n) is 6.27. The summed E-state index contributed by atoms with van der Waals surface area (Å²) in [4.78, 5) is 12.0. The number of sulfonamides is 1. The lowest BCUT2D eigenvalue weighted by molar-refractivity contribution is 0.0943. The molecule has 2 aromatic rings. The van der Waals surface area contributed by atoms with Gasteiger partial charge < -0.3 is 10.6 Å². The normalized spacial score (nSPS) is 11.4. The van der Waals surface area contributed by atoms with E-state index in [4.69, 9.17) is 5.14 Å². The van der Waals surface area contributed by atoms with Crippen molar-refractivity contribution < 1.29 is 13.2 Å². The lowest BCUT2D eigenvalue weighted by Crippen LogP contribution is -2.28. The Morgan fingerprint density at radius 2 is 1.81 bits per heavy atom. The van der Waals surface area contributed by atoms with Gasteiger partial charge in [0.1, 0.15) is 5.82 Å². The zero-order valence-electron chi connectivity index (χ0n) is 14.8. The summed E-state index contributed by atoms with van der Waals surface area (Å²) >= 11 is 0. The van der Waals surface area contributed by atoms with Crippen molar-refractivity contribution in [2.24, 2.45) is 11.1 Å². The quantitative estimate of drug-likeness (QED) is 0.633. The van der Waals surface area contributed by atoms with Crippen LogP contribution >= 0.6 is 0 Å². The Morgan fingerprint density at radius 1 is 1.12 bits per heavy atom. The highest BCUT2D eigenvalue weighted by atomic mass is 32.2. The van der Waals surface area contributed by atoms with E-state index in [0.717, 1.165) is 5.56 Å². The smallest absolute Gasteiger partial charge is 0.271 e. The minimum atomic E-state index is -3.67. The van der Waals surface area contributed by atoms with Gasteiger partial charge in [0, 0.05) is 13.1 Å². The lowest BCUT2D eigenvalue weighted by Gasteiger charge is -2.08. The van der Waals surface area contributed by atoms with Crippen LogP contribution in [0.2, 0.25) is 0 Å². The van der Waals surface area contributed by atoms with Crippen molar-refractivity contribution in [3.8, 4) is 0 Å². The molecule has 1 amide bonds. The molecular formula is C17H23N5O3S. The molecule has 1 heterocycles. The third-order valence-electron chi connectivity index (χ3n) is 3.54. The van der Waals surface area contributed by atoms with Crippen molar-refractivity contribution in [3.05, 3.63) is 47.7 Å². The average molecular weight is 377 g/mol. The highest BCUT2D eigenvalue weighted by Gasteiger charge is 2.09. The van der Waals surface area contributed by atoms with Crippen LogP contribution in [0.4, 0.5) is 5.82 Å². The molecule has 0 unspecified atom stereocenters. The number of carbonyl (C=O) groups is 1. The molecule has 0 saturated carbocycles. The Morgan fingerprint density at radius 3 is 2.35 bits per heavy atom. The standard InChI is InChI=1S/C17H23N5O3S/c1-12(2)11-20-17(23)15-7-8-16(22-21-15)19-10-9-13-3-5-14(6-4-13)26(18,24)25/h3-8,12H,9-11H2,1-2H3,(H,19,22)(H,20,23)(H2,18,24,25). The molecule has 0 radical (unpaired) electrons. The SMILES string of the molecule is CC(C)CNC(=O)c1ccc(NCCc2ccc(S(N)(=O)=O)cc2)nn1. The van der Waals surface area contributed by atoms with Crippen LogP contribution in [0, 0.1) is 5.92 Å². The molecule has 4 N–H and O–H groups in total. The van der Waals surface area contributed by atoms with Crippen LogP contribution in [-0.2, 0) is 16.4 Å². The van der Waals surface area contributed by atoms with E-state index in [0.29, 0.717) is 31.2 Å². The van der Waals surface area contributed by atoms with Crippen molar-refractivity contribution >= 4 is 21.7 Å². The predicted molar refractivity (Wildman–Crippen MR) is 99.2 cm³/mol. The first kappa shape index (κ1) is 19.8. The van der Waals surface area contributed by atoms with E-state index in [2.05, 4.69) is 20.8 Å². The summed E-state index contributed by atoms with van der Waals surface area (Å²) < 4.78 is 22.4. The fourth-order valence-electron chi connectivity index (χ4n) is 2.12. The Labute approximate surface area is 153 Å². The van der Waals surface area contributed by atoms with Crippen molar-refractivity contribution in [2.45, 2.75) is 25.2 Å². The summed E-state index contributed by atoms with van der Waals surface area (Å²) in [5.74, 6) is 0.686.